The van der Waals surface area contributed by atoms with E-state index in [1.54, 1.807) is 6.20 Å². The van der Waals surface area contributed by atoms with Crippen molar-refractivity contribution in [1.82, 2.24) is 14.8 Å². The molecule has 1 saturated heterocycles. The van der Waals surface area contributed by atoms with Crippen LogP contribution in [0.5, 0.6) is 0 Å². The lowest BCUT2D eigenvalue weighted by Gasteiger charge is -2.34. The molecule has 2 aromatic rings. The van der Waals surface area contributed by atoms with Crippen LogP contribution in [-0.4, -0.2) is 40.6 Å². The summed E-state index contributed by atoms with van der Waals surface area (Å²) in [5.74, 6) is 0. The van der Waals surface area contributed by atoms with Crippen LogP contribution in [0.2, 0.25) is 0 Å². The molecule has 1 fully saturated rings. The van der Waals surface area contributed by atoms with E-state index in [9.17, 15) is 4.79 Å². The molecule has 0 aromatic carbocycles. The summed E-state index contributed by atoms with van der Waals surface area (Å²) in [6, 6.07) is 2.14. The Morgan fingerprint density at radius 2 is 2.33 bits per heavy atom. The van der Waals surface area contributed by atoms with E-state index in [2.05, 4.69) is 21.9 Å². The molecule has 0 spiro atoms. The maximum Gasteiger partial charge on any atom is 0.271 e. The van der Waals surface area contributed by atoms with Crippen molar-refractivity contribution in [2.45, 2.75) is 26.4 Å². The Morgan fingerprint density at radius 3 is 3.05 bits per heavy atom. The average Bonchev–Trinajstić information content (AvgIpc) is 2.98. The fraction of sp³-hybridized carbons (Fsp3) is 0.467. The monoisotopic (exact) mass is 288 g/mol. The number of morpholine rings is 1. The Kier molecular flexibility index (Phi) is 3.79. The minimum Gasteiger partial charge on any atom is -0.377 e. The third kappa shape index (κ3) is 2.71. The second-order valence-electron chi connectivity index (χ2n) is 5.30. The van der Waals surface area contributed by atoms with Crippen molar-refractivity contribution in [3.8, 4) is 11.1 Å². The third-order valence-electron chi connectivity index (χ3n) is 3.85. The summed E-state index contributed by atoms with van der Waals surface area (Å²) in [5, 5.41) is 4.28. The molecule has 3 rings (SSSR count). The van der Waals surface area contributed by atoms with E-state index >= 15 is 0 Å². The molecule has 1 unspecified atom stereocenters. The van der Waals surface area contributed by atoms with Gasteiger partial charge in [0.05, 0.1) is 19.4 Å². The van der Waals surface area contributed by atoms with E-state index in [-0.39, 0.29) is 11.6 Å². The highest BCUT2D eigenvalue weighted by molar-refractivity contribution is 5.66. The fourth-order valence-electron chi connectivity index (χ4n) is 2.62. The number of hydrogen-bond donors (Lipinski definition) is 1. The number of aromatic amines is 1. The van der Waals surface area contributed by atoms with Crippen LogP contribution < -0.4 is 10.5 Å². The smallest absolute Gasteiger partial charge is 0.271 e. The second-order valence-corrected chi connectivity index (χ2v) is 5.30. The quantitative estimate of drug-likeness (QED) is 0.929. The first-order valence-electron chi connectivity index (χ1n) is 7.29. The summed E-state index contributed by atoms with van der Waals surface area (Å²) in [4.78, 5) is 17.1. The molecule has 21 heavy (non-hydrogen) atoms. The number of aryl methyl sites for hydroxylation is 1. The summed E-state index contributed by atoms with van der Waals surface area (Å²) in [6.45, 7) is 6.99. The van der Waals surface area contributed by atoms with Crippen molar-refractivity contribution < 1.29 is 4.74 Å². The molecular weight excluding hydrogens is 268 g/mol. The molecule has 0 bridgehead atoms. The Morgan fingerprint density at radius 1 is 1.48 bits per heavy atom. The van der Waals surface area contributed by atoms with Gasteiger partial charge in [-0.3, -0.25) is 9.48 Å². The highest BCUT2D eigenvalue weighted by Crippen LogP contribution is 2.23. The average molecular weight is 288 g/mol. The van der Waals surface area contributed by atoms with Gasteiger partial charge in [-0.15, -0.1) is 0 Å². The number of aromatic nitrogens is 3. The Labute approximate surface area is 123 Å². The molecular formula is C15H20N4O2. The highest BCUT2D eigenvalue weighted by atomic mass is 16.5. The van der Waals surface area contributed by atoms with E-state index in [4.69, 9.17) is 4.74 Å². The summed E-state index contributed by atoms with van der Waals surface area (Å²) in [7, 11) is 0. The van der Waals surface area contributed by atoms with Gasteiger partial charge < -0.3 is 14.6 Å². The van der Waals surface area contributed by atoms with Crippen LogP contribution in [-0.2, 0) is 11.3 Å². The number of nitrogens with zero attached hydrogens (tertiary/aromatic N) is 3. The summed E-state index contributed by atoms with van der Waals surface area (Å²) >= 11 is 0. The molecule has 1 atom stereocenters. The molecule has 6 nitrogen and oxygen atoms in total. The molecule has 1 aliphatic rings. The van der Waals surface area contributed by atoms with Gasteiger partial charge in [0, 0.05) is 42.7 Å². The molecule has 1 N–H and O–H groups in total. The molecule has 2 aromatic heterocycles. The van der Waals surface area contributed by atoms with Crippen molar-refractivity contribution in [2.75, 3.05) is 24.7 Å². The van der Waals surface area contributed by atoms with Crippen molar-refractivity contribution in [3.05, 3.63) is 35.0 Å². The van der Waals surface area contributed by atoms with Crippen LogP contribution in [0.1, 0.15) is 13.8 Å². The van der Waals surface area contributed by atoms with E-state index in [1.807, 2.05) is 30.1 Å². The lowest BCUT2D eigenvalue weighted by Crippen LogP contribution is -2.45. The standard InChI is InChI=1S/C15H20N4O2/c1-3-18-9-13(8-17-18)12-6-14(15(20)16-7-12)19-4-5-21-10-11(19)2/h6-9,11H,3-5,10H2,1-2H3,(H,16,20). The number of hydrogen-bond acceptors (Lipinski definition) is 4. The first-order valence-corrected chi connectivity index (χ1v) is 7.29. The number of pyridine rings is 1. The minimum atomic E-state index is -0.0598. The lowest BCUT2D eigenvalue weighted by atomic mass is 10.1. The van der Waals surface area contributed by atoms with Crippen LogP contribution in [0.3, 0.4) is 0 Å². The van der Waals surface area contributed by atoms with E-state index in [0.29, 0.717) is 18.9 Å². The Hall–Kier alpha value is -2.08. The molecule has 3 heterocycles. The van der Waals surface area contributed by atoms with Gasteiger partial charge in [0.1, 0.15) is 5.69 Å². The molecule has 6 heteroatoms. The Balaban J connectivity index is 1.97. The predicted octanol–water partition coefficient (Wildman–Crippen LogP) is 1.48. The SMILES string of the molecule is CCn1cc(-c2c[nH]c(=O)c(N3CCOCC3C)c2)cn1. The van der Waals surface area contributed by atoms with Gasteiger partial charge in [-0.25, -0.2) is 0 Å². The van der Waals surface area contributed by atoms with Gasteiger partial charge in [-0.05, 0) is 19.9 Å². The molecule has 0 saturated carbocycles. The second kappa shape index (κ2) is 5.73. The molecule has 0 radical (unpaired) electrons. The predicted molar refractivity (Wildman–Crippen MR) is 81.6 cm³/mol. The normalized spacial score (nSPS) is 19.0. The minimum absolute atomic E-state index is 0.0598. The highest BCUT2D eigenvalue weighted by Gasteiger charge is 2.21. The van der Waals surface area contributed by atoms with Gasteiger partial charge in [0.25, 0.3) is 5.56 Å². The Bertz CT molecular complexity index is 676. The first-order chi connectivity index (χ1) is 10.2. The van der Waals surface area contributed by atoms with Crippen LogP contribution >= 0.6 is 0 Å². The lowest BCUT2D eigenvalue weighted by molar-refractivity contribution is 0.0988. The fourth-order valence-corrected chi connectivity index (χ4v) is 2.62. The summed E-state index contributed by atoms with van der Waals surface area (Å²) in [5.41, 5.74) is 2.63. The van der Waals surface area contributed by atoms with Gasteiger partial charge >= 0.3 is 0 Å². The number of nitrogens with one attached hydrogen (secondary N) is 1. The van der Waals surface area contributed by atoms with Gasteiger partial charge in [-0.2, -0.15) is 5.10 Å². The van der Waals surface area contributed by atoms with Crippen molar-refractivity contribution in [3.63, 3.8) is 0 Å². The molecule has 1 aliphatic heterocycles. The summed E-state index contributed by atoms with van der Waals surface area (Å²) in [6.07, 6.45) is 5.55. The van der Waals surface area contributed by atoms with Crippen LogP contribution in [0.25, 0.3) is 11.1 Å². The van der Waals surface area contributed by atoms with E-state index in [1.165, 1.54) is 0 Å². The number of anilines is 1. The molecule has 0 amide bonds. The number of H-pyrrole nitrogens is 1. The van der Waals surface area contributed by atoms with Crippen molar-refractivity contribution in [1.29, 1.82) is 0 Å². The van der Waals surface area contributed by atoms with E-state index < -0.39 is 0 Å². The zero-order valence-electron chi connectivity index (χ0n) is 12.4. The largest absolute Gasteiger partial charge is 0.377 e. The third-order valence-corrected chi connectivity index (χ3v) is 3.85. The topological polar surface area (TPSA) is 63.2 Å². The zero-order valence-corrected chi connectivity index (χ0v) is 12.4. The van der Waals surface area contributed by atoms with Crippen LogP contribution in [0, 0.1) is 0 Å². The molecule has 0 aliphatic carbocycles. The first kappa shape index (κ1) is 13.9. The maximum atomic E-state index is 12.2. The molecule has 112 valence electrons. The van der Waals surface area contributed by atoms with Gasteiger partial charge in [-0.1, -0.05) is 0 Å². The van der Waals surface area contributed by atoms with E-state index in [0.717, 1.165) is 24.2 Å². The van der Waals surface area contributed by atoms with Crippen LogP contribution in [0.15, 0.2) is 29.5 Å². The maximum absolute atomic E-state index is 12.2. The van der Waals surface area contributed by atoms with Gasteiger partial charge in [0.2, 0.25) is 0 Å². The van der Waals surface area contributed by atoms with Crippen LogP contribution in [0.4, 0.5) is 5.69 Å². The summed E-state index contributed by atoms with van der Waals surface area (Å²) < 4.78 is 7.31. The van der Waals surface area contributed by atoms with Crippen molar-refractivity contribution >= 4 is 5.69 Å². The van der Waals surface area contributed by atoms with Gasteiger partial charge in [0.15, 0.2) is 0 Å². The zero-order chi connectivity index (χ0) is 14.8. The van der Waals surface area contributed by atoms with Crippen molar-refractivity contribution in [2.24, 2.45) is 0 Å². The number of rotatable bonds is 3. The number of ether oxygens (including phenoxy) is 1.